The molecule has 1 atom stereocenters. The first-order valence-corrected chi connectivity index (χ1v) is 6.44. The molecule has 6 heteroatoms. The second-order valence-corrected chi connectivity index (χ2v) is 5.26. The summed E-state index contributed by atoms with van der Waals surface area (Å²) in [5.74, 6) is 1.38. The van der Waals surface area contributed by atoms with Crippen molar-refractivity contribution in [2.24, 2.45) is 5.73 Å². The molecule has 1 aromatic rings. The van der Waals surface area contributed by atoms with Crippen molar-refractivity contribution in [3.8, 4) is 11.5 Å². The molecule has 0 aliphatic rings. The Bertz CT molecular complexity index is 412. The van der Waals surface area contributed by atoms with Gasteiger partial charge < -0.3 is 15.2 Å². The minimum Gasteiger partial charge on any atom is -0.496 e. The number of thiocarbonyl (C=S) groups is 1. The fourth-order valence-electron chi connectivity index (χ4n) is 1.01. The van der Waals surface area contributed by atoms with Crippen molar-refractivity contribution in [1.82, 2.24) is 0 Å². The number of nitrogens with two attached hydrogens (primary N) is 1. The zero-order chi connectivity index (χ0) is 12.3. The number of hydrogen-bond acceptors (Lipinski definition) is 3. The Kier molecular flexibility index (Phi) is 5.01. The highest BCUT2D eigenvalue weighted by Gasteiger charge is 2.12. The standard InChI is InChI=1S/C10H11Br2NO2S/c1-5(10(13)16)15-9-4-6(11)8(14-2)3-7(9)12/h3-5H,1-2H3,(H2,13,16). The highest BCUT2D eigenvalue weighted by atomic mass is 79.9. The first-order valence-electron chi connectivity index (χ1n) is 4.44. The molecule has 1 aromatic carbocycles. The van der Waals surface area contributed by atoms with Gasteiger partial charge in [0.25, 0.3) is 0 Å². The lowest BCUT2D eigenvalue weighted by molar-refractivity contribution is 0.285. The third-order valence-electron chi connectivity index (χ3n) is 1.91. The van der Waals surface area contributed by atoms with E-state index in [1.54, 1.807) is 20.1 Å². The molecule has 0 fully saturated rings. The predicted molar refractivity (Wildman–Crippen MR) is 75.3 cm³/mol. The van der Waals surface area contributed by atoms with Crippen molar-refractivity contribution in [3.63, 3.8) is 0 Å². The van der Waals surface area contributed by atoms with Crippen LogP contribution in [0.15, 0.2) is 21.1 Å². The predicted octanol–water partition coefficient (Wildman–Crippen LogP) is 3.27. The van der Waals surface area contributed by atoms with Crippen LogP contribution < -0.4 is 15.2 Å². The van der Waals surface area contributed by atoms with E-state index in [0.717, 1.165) is 14.7 Å². The van der Waals surface area contributed by atoms with Crippen LogP contribution in [0.1, 0.15) is 6.92 Å². The molecule has 16 heavy (non-hydrogen) atoms. The fraction of sp³-hybridized carbons (Fsp3) is 0.300. The Hall–Kier alpha value is -0.330. The second kappa shape index (κ2) is 5.84. The van der Waals surface area contributed by atoms with Crippen molar-refractivity contribution in [1.29, 1.82) is 0 Å². The summed E-state index contributed by atoms with van der Waals surface area (Å²) in [6, 6.07) is 3.61. The van der Waals surface area contributed by atoms with Gasteiger partial charge in [0.1, 0.15) is 22.6 Å². The van der Waals surface area contributed by atoms with Crippen molar-refractivity contribution in [3.05, 3.63) is 21.1 Å². The molecule has 0 aliphatic heterocycles. The van der Waals surface area contributed by atoms with Gasteiger partial charge in [-0.2, -0.15) is 0 Å². The van der Waals surface area contributed by atoms with Crippen LogP contribution in [0.4, 0.5) is 0 Å². The third kappa shape index (κ3) is 3.33. The Balaban J connectivity index is 2.98. The maximum Gasteiger partial charge on any atom is 0.145 e. The van der Waals surface area contributed by atoms with Crippen molar-refractivity contribution < 1.29 is 9.47 Å². The van der Waals surface area contributed by atoms with Gasteiger partial charge in [0.15, 0.2) is 0 Å². The number of methoxy groups -OCH3 is 1. The molecule has 0 saturated heterocycles. The van der Waals surface area contributed by atoms with Gasteiger partial charge in [-0.1, -0.05) is 12.2 Å². The Morgan fingerprint density at radius 1 is 1.31 bits per heavy atom. The number of benzene rings is 1. The zero-order valence-electron chi connectivity index (χ0n) is 8.79. The molecule has 0 heterocycles. The number of hydrogen-bond donors (Lipinski definition) is 1. The highest BCUT2D eigenvalue weighted by Crippen LogP contribution is 2.36. The fourth-order valence-corrected chi connectivity index (χ4v) is 1.95. The molecule has 88 valence electrons. The zero-order valence-corrected chi connectivity index (χ0v) is 12.8. The van der Waals surface area contributed by atoms with Crippen LogP contribution in [-0.4, -0.2) is 18.2 Å². The highest BCUT2D eigenvalue weighted by molar-refractivity contribution is 9.11. The van der Waals surface area contributed by atoms with Gasteiger partial charge >= 0.3 is 0 Å². The van der Waals surface area contributed by atoms with Gasteiger partial charge in [0.2, 0.25) is 0 Å². The maximum absolute atomic E-state index is 5.59. The smallest absolute Gasteiger partial charge is 0.145 e. The first kappa shape index (κ1) is 13.7. The average molecular weight is 369 g/mol. The van der Waals surface area contributed by atoms with Gasteiger partial charge in [0, 0.05) is 0 Å². The topological polar surface area (TPSA) is 44.5 Å². The minimum absolute atomic E-state index is 0.313. The van der Waals surface area contributed by atoms with E-state index < -0.39 is 0 Å². The van der Waals surface area contributed by atoms with Crippen LogP contribution in [0.3, 0.4) is 0 Å². The molecule has 1 rings (SSSR count). The van der Waals surface area contributed by atoms with Crippen molar-refractivity contribution >= 4 is 49.1 Å². The minimum atomic E-state index is -0.313. The summed E-state index contributed by atoms with van der Waals surface area (Å²) in [5.41, 5.74) is 5.48. The molecule has 0 amide bonds. The Morgan fingerprint density at radius 2 is 1.81 bits per heavy atom. The number of rotatable bonds is 4. The Morgan fingerprint density at radius 3 is 2.31 bits per heavy atom. The summed E-state index contributed by atoms with van der Waals surface area (Å²) < 4.78 is 12.3. The van der Waals surface area contributed by atoms with Crippen LogP contribution in [0, 0.1) is 0 Å². The number of halogens is 2. The Labute approximate surface area is 117 Å². The van der Waals surface area contributed by atoms with Crippen LogP contribution in [0.2, 0.25) is 0 Å². The van der Waals surface area contributed by atoms with Crippen LogP contribution in [0.5, 0.6) is 11.5 Å². The van der Waals surface area contributed by atoms with Gasteiger partial charge in [-0.25, -0.2) is 0 Å². The molecule has 1 unspecified atom stereocenters. The van der Waals surface area contributed by atoms with E-state index in [1.807, 2.05) is 6.07 Å². The van der Waals surface area contributed by atoms with Gasteiger partial charge in [-0.15, -0.1) is 0 Å². The van der Waals surface area contributed by atoms with Gasteiger partial charge in [-0.3, -0.25) is 0 Å². The van der Waals surface area contributed by atoms with E-state index in [2.05, 4.69) is 31.9 Å². The summed E-state index contributed by atoms with van der Waals surface area (Å²) in [4.78, 5) is 0.318. The monoisotopic (exact) mass is 367 g/mol. The summed E-state index contributed by atoms with van der Waals surface area (Å²) in [5, 5.41) is 0. The summed E-state index contributed by atoms with van der Waals surface area (Å²) in [6.45, 7) is 1.80. The maximum atomic E-state index is 5.59. The summed E-state index contributed by atoms with van der Waals surface area (Å²) in [7, 11) is 1.60. The largest absolute Gasteiger partial charge is 0.496 e. The third-order valence-corrected chi connectivity index (χ3v) is 3.48. The molecule has 2 N–H and O–H groups in total. The molecule has 0 spiro atoms. The summed E-state index contributed by atoms with van der Waals surface area (Å²) in [6.07, 6.45) is -0.313. The molecule has 0 aliphatic carbocycles. The van der Waals surface area contributed by atoms with E-state index in [1.165, 1.54) is 0 Å². The molecule has 3 nitrogen and oxygen atoms in total. The van der Waals surface area contributed by atoms with Crippen molar-refractivity contribution in [2.75, 3.05) is 7.11 Å². The lowest BCUT2D eigenvalue weighted by Gasteiger charge is -2.15. The van der Waals surface area contributed by atoms with E-state index in [9.17, 15) is 0 Å². The molecule has 0 saturated carbocycles. The SMILES string of the molecule is COc1cc(Br)c(OC(C)C(N)=S)cc1Br. The van der Waals surface area contributed by atoms with Gasteiger partial charge in [0.05, 0.1) is 16.1 Å². The molecular formula is C10H11Br2NO2S. The number of ether oxygens (including phenoxy) is 2. The van der Waals surface area contributed by atoms with Crippen molar-refractivity contribution in [2.45, 2.75) is 13.0 Å². The van der Waals surface area contributed by atoms with E-state index in [4.69, 9.17) is 27.4 Å². The first-order chi connectivity index (χ1) is 7.45. The van der Waals surface area contributed by atoms with E-state index in [-0.39, 0.29) is 6.10 Å². The van der Waals surface area contributed by atoms with E-state index >= 15 is 0 Å². The average Bonchev–Trinajstić information content (AvgIpc) is 2.22. The molecule has 0 aromatic heterocycles. The second-order valence-electron chi connectivity index (χ2n) is 3.08. The normalized spacial score (nSPS) is 12.0. The molecular weight excluding hydrogens is 358 g/mol. The molecule has 0 bridgehead atoms. The molecule has 0 radical (unpaired) electrons. The van der Waals surface area contributed by atoms with E-state index in [0.29, 0.717) is 10.7 Å². The van der Waals surface area contributed by atoms with Crippen LogP contribution >= 0.6 is 44.1 Å². The van der Waals surface area contributed by atoms with Gasteiger partial charge in [-0.05, 0) is 50.9 Å². The lowest BCUT2D eigenvalue weighted by atomic mass is 10.3. The lowest BCUT2D eigenvalue weighted by Crippen LogP contribution is -2.29. The van der Waals surface area contributed by atoms with Crippen LogP contribution in [-0.2, 0) is 0 Å². The van der Waals surface area contributed by atoms with Crippen LogP contribution in [0.25, 0.3) is 0 Å². The summed E-state index contributed by atoms with van der Waals surface area (Å²) >= 11 is 11.6. The quantitative estimate of drug-likeness (QED) is 0.828.